The quantitative estimate of drug-likeness (QED) is 0.885. The van der Waals surface area contributed by atoms with E-state index in [-0.39, 0.29) is 11.8 Å². The van der Waals surface area contributed by atoms with Gasteiger partial charge in [-0.3, -0.25) is 4.79 Å². The van der Waals surface area contributed by atoms with Gasteiger partial charge in [-0.25, -0.2) is 0 Å². The fourth-order valence-corrected chi connectivity index (χ4v) is 3.19. The highest BCUT2D eigenvalue weighted by Gasteiger charge is 2.24. The first-order chi connectivity index (χ1) is 10.5. The Morgan fingerprint density at radius 3 is 2.64 bits per heavy atom. The smallest absolute Gasteiger partial charge is 0.295 e. The van der Waals surface area contributed by atoms with Crippen molar-refractivity contribution in [3.8, 4) is 0 Å². The van der Waals surface area contributed by atoms with E-state index in [9.17, 15) is 4.79 Å². The Morgan fingerprint density at radius 1 is 1.27 bits per heavy atom. The number of aromatic nitrogens is 1. The van der Waals surface area contributed by atoms with Crippen molar-refractivity contribution in [3.05, 3.63) is 22.2 Å². The third-order valence-electron chi connectivity index (χ3n) is 4.22. The van der Waals surface area contributed by atoms with Crippen molar-refractivity contribution in [2.75, 3.05) is 11.9 Å². The number of carbonyl (C=O) groups excluding carboxylic acids is 1. The van der Waals surface area contributed by atoms with Gasteiger partial charge in [0.1, 0.15) is 5.52 Å². The molecule has 0 atom stereocenters. The highest BCUT2D eigenvalue weighted by atomic mass is 35.5. The van der Waals surface area contributed by atoms with Gasteiger partial charge in [0.25, 0.3) is 6.01 Å². The monoisotopic (exact) mass is 341 g/mol. The van der Waals surface area contributed by atoms with Gasteiger partial charge in [0, 0.05) is 18.5 Å². The van der Waals surface area contributed by atoms with Gasteiger partial charge in [-0.1, -0.05) is 23.2 Å². The summed E-state index contributed by atoms with van der Waals surface area (Å²) in [6.45, 7) is 0.764. The van der Waals surface area contributed by atoms with Gasteiger partial charge in [0.15, 0.2) is 5.58 Å². The molecule has 1 amide bonds. The van der Waals surface area contributed by atoms with E-state index in [1.165, 1.54) is 0 Å². The Morgan fingerprint density at radius 2 is 1.95 bits per heavy atom. The molecule has 0 radical (unpaired) electrons. The van der Waals surface area contributed by atoms with Crippen LogP contribution in [0.4, 0.5) is 6.01 Å². The van der Waals surface area contributed by atoms with Gasteiger partial charge >= 0.3 is 0 Å². The summed E-state index contributed by atoms with van der Waals surface area (Å²) in [4.78, 5) is 15.5. The maximum absolute atomic E-state index is 11.2. The van der Waals surface area contributed by atoms with Crippen LogP contribution in [0, 0.1) is 11.8 Å². The molecule has 0 bridgehead atoms. The molecule has 1 aliphatic rings. The molecule has 1 saturated carbocycles. The molecule has 1 heterocycles. The first kappa shape index (κ1) is 15.4. The summed E-state index contributed by atoms with van der Waals surface area (Å²) in [6, 6.07) is 3.81. The van der Waals surface area contributed by atoms with Crippen LogP contribution in [-0.2, 0) is 4.79 Å². The van der Waals surface area contributed by atoms with E-state index in [4.69, 9.17) is 33.4 Å². The number of nitrogens with zero attached hydrogens (tertiary/aromatic N) is 1. The number of hydrogen-bond acceptors (Lipinski definition) is 4. The predicted molar refractivity (Wildman–Crippen MR) is 87.2 cm³/mol. The zero-order chi connectivity index (χ0) is 15.7. The van der Waals surface area contributed by atoms with Crippen molar-refractivity contribution >= 4 is 46.2 Å². The number of hydrogen-bond donors (Lipinski definition) is 2. The topological polar surface area (TPSA) is 81.2 Å². The third-order valence-corrected chi connectivity index (χ3v) is 4.94. The Balaban J connectivity index is 1.59. The van der Waals surface area contributed by atoms with Gasteiger partial charge in [-0.05, 0) is 37.7 Å². The van der Waals surface area contributed by atoms with Crippen LogP contribution in [-0.4, -0.2) is 17.4 Å². The maximum atomic E-state index is 11.2. The van der Waals surface area contributed by atoms with Crippen LogP contribution in [0.15, 0.2) is 16.5 Å². The normalized spacial score (nSPS) is 21.9. The summed E-state index contributed by atoms with van der Waals surface area (Å²) < 4.78 is 5.61. The molecule has 0 saturated heterocycles. The van der Waals surface area contributed by atoms with E-state index >= 15 is 0 Å². The highest BCUT2D eigenvalue weighted by molar-refractivity contribution is 6.42. The summed E-state index contributed by atoms with van der Waals surface area (Å²) in [7, 11) is 0. The van der Waals surface area contributed by atoms with Crippen molar-refractivity contribution in [1.82, 2.24) is 4.98 Å². The first-order valence-electron chi connectivity index (χ1n) is 7.31. The number of nitrogens with one attached hydrogen (secondary N) is 1. The molecule has 118 valence electrons. The van der Waals surface area contributed by atoms with E-state index < -0.39 is 0 Å². The number of primary amides is 1. The lowest BCUT2D eigenvalue weighted by molar-refractivity contribution is -0.122. The molecule has 5 nitrogen and oxygen atoms in total. The number of rotatable bonds is 4. The van der Waals surface area contributed by atoms with Gasteiger partial charge in [-0.15, -0.1) is 0 Å². The van der Waals surface area contributed by atoms with Crippen molar-refractivity contribution in [1.29, 1.82) is 0 Å². The second-order valence-electron chi connectivity index (χ2n) is 5.75. The summed E-state index contributed by atoms with van der Waals surface area (Å²) >= 11 is 11.9. The number of carbonyl (C=O) groups is 1. The van der Waals surface area contributed by atoms with Gasteiger partial charge in [-0.2, -0.15) is 4.98 Å². The lowest BCUT2D eigenvalue weighted by Gasteiger charge is -2.26. The largest absolute Gasteiger partial charge is 0.424 e. The van der Waals surface area contributed by atoms with E-state index in [1.54, 1.807) is 12.1 Å². The molecule has 3 N–H and O–H groups in total. The van der Waals surface area contributed by atoms with E-state index in [1.807, 2.05) is 0 Å². The van der Waals surface area contributed by atoms with E-state index in [0.717, 1.165) is 32.2 Å². The van der Waals surface area contributed by atoms with Crippen molar-refractivity contribution in [2.24, 2.45) is 17.6 Å². The zero-order valence-electron chi connectivity index (χ0n) is 11.9. The number of fused-ring (bicyclic) bond motifs is 1. The molecule has 0 spiro atoms. The first-order valence-corrected chi connectivity index (χ1v) is 8.07. The molecule has 1 aromatic carbocycles. The average Bonchev–Trinajstić information content (AvgIpc) is 2.88. The number of nitrogens with two attached hydrogens (primary N) is 1. The van der Waals surface area contributed by atoms with Crippen LogP contribution in [0.1, 0.15) is 25.7 Å². The molecule has 7 heteroatoms. The SMILES string of the molecule is NC(=O)C1CCC(CNc2nc3cc(Cl)c(Cl)cc3o2)CC1. The van der Waals surface area contributed by atoms with Crippen LogP contribution in [0.25, 0.3) is 11.1 Å². The Hall–Kier alpha value is -1.46. The Kier molecular flexibility index (Phi) is 4.45. The summed E-state index contributed by atoms with van der Waals surface area (Å²) in [5, 5.41) is 4.11. The van der Waals surface area contributed by atoms with Crippen molar-refractivity contribution in [2.45, 2.75) is 25.7 Å². The van der Waals surface area contributed by atoms with Crippen molar-refractivity contribution in [3.63, 3.8) is 0 Å². The lowest BCUT2D eigenvalue weighted by atomic mass is 9.82. The van der Waals surface area contributed by atoms with Crippen LogP contribution >= 0.6 is 23.2 Å². The standard InChI is InChI=1S/C15H17Cl2N3O2/c16-10-5-12-13(6-11(10)17)22-15(20-12)19-7-8-1-3-9(4-2-8)14(18)21/h5-6,8-9H,1-4,7H2,(H2,18,21)(H,19,20). The minimum atomic E-state index is -0.181. The second-order valence-corrected chi connectivity index (χ2v) is 6.57. The summed E-state index contributed by atoms with van der Waals surface area (Å²) in [6.07, 6.45) is 3.69. The van der Waals surface area contributed by atoms with Crippen LogP contribution < -0.4 is 11.1 Å². The van der Waals surface area contributed by atoms with Gasteiger partial charge < -0.3 is 15.5 Å². The highest BCUT2D eigenvalue weighted by Crippen LogP contribution is 2.31. The third kappa shape index (κ3) is 3.31. The fraction of sp³-hybridized carbons (Fsp3) is 0.467. The number of amides is 1. The zero-order valence-corrected chi connectivity index (χ0v) is 13.5. The number of anilines is 1. The molecule has 2 aromatic rings. The maximum Gasteiger partial charge on any atom is 0.295 e. The second kappa shape index (κ2) is 6.34. The Labute approximate surface area is 138 Å². The number of benzene rings is 1. The minimum Gasteiger partial charge on any atom is -0.424 e. The van der Waals surface area contributed by atoms with Gasteiger partial charge in [0.05, 0.1) is 10.0 Å². The predicted octanol–water partition coefficient (Wildman–Crippen LogP) is 3.84. The molecule has 0 aliphatic heterocycles. The molecule has 3 rings (SSSR count). The molecule has 1 aliphatic carbocycles. The molecule has 1 fully saturated rings. The van der Waals surface area contributed by atoms with Crippen LogP contribution in [0.5, 0.6) is 0 Å². The average molecular weight is 342 g/mol. The van der Waals surface area contributed by atoms with Crippen molar-refractivity contribution < 1.29 is 9.21 Å². The minimum absolute atomic E-state index is 0.0323. The van der Waals surface area contributed by atoms with Crippen LogP contribution in [0.3, 0.4) is 0 Å². The van der Waals surface area contributed by atoms with E-state index in [0.29, 0.717) is 33.1 Å². The molecule has 0 unspecified atom stereocenters. The van der Waals surface area contributed by atoms with E-state index in [2.05, 4.69) is 10.3 Å². The number of oxazole rings is 1. The molecule has 22 heavy (non-hydrogen) atoms. The molecular weight excluding hydrogens is 325 g/mol. The fourth-order valence-electron chi connectivity index (χ4n) is 2.88. The van der Waals surface area contributed by atoms with Gasteiger partial charge in [0.2, 0.25) is 5.91 Å². The Bertz CT molecular complexity index is 654. The lowest BCUT2D eigenvalue weighted by Crippen LogP contribution is -2.29. The molecule has 1 aromatic heterocycles. The molecular formula is C15H17Cl2N3O2. The van der Waals surface area contributed by atoms with Crippen LogP contribution in [0.2, 0.25) is 10.0 Å². The number of halogens is 2. The summed E-state index contributed by atoms with van der Waals surface area (Å²) in [5.74, 6) is 0.349. The summed E-state index contributed by atoms with van der Waals surface area (Å²) in [5.41, 5.74) is 6.63.